The van der Waals surface area contributed by atoms with E-state index in [1.807, 2.05) is 13.8 Å². The highest BCUT2D eigenvalue weighted by Gasteiger charge is 2.18. The van der Waals surface area contributed by atoms with Gasteiger partial charge in [0.25, 0.3) is 0 Å². The molecule has 0 amide bonds. The zero-order valence-electron chi connectivity index (χ0n) is 8.80. The van der Waals surface area contributed by atoms with E-state index in [-0.39, 0.29) is 5.92 Å². The highest BCUT2D eigenvalue weighted by molar-refractivity contribution is 7.14. The average Bonchev–Trinajstić information content (AvgIpc) is 2.59. The van der Waals surface area contributed by atoms with E-state index >= 15 is 0 Å². The molecule has 0 aromatic carbocycles. The van der Waals surface area contributed by atoms with Crippen LogP contribution in [0.4, 0.5) is 0 Å². The number of carbonyl (C=O) groups is 1. The summed E-state index contributed by atoms with van der Waals surface area (Å²) in [4.78, 5) is 14.2. The topological polar surface area (TPSA) is 17.1 Å². The summed E-state index contributed by atoms with van der Waals surface area (Å²) < 4.78 is 0. The average molecular weight is 208 g/mol. The first kappa shape index (κ1) is 9.91. The third-order valence-corrected chi connectivity index (χ3v) is 4.02. The van der Waals surface area contributed by atoms with Gasteiger partial charge in [0.15, 0.2) is 5.78 Å². The summed E-state index contributed by atoms with van der Waals surface area (Å²) >= 11 is 1.72. The van der Waals surface area contributed by atoms with Gasteiger partial charge in [-0.05, 0) is 37.3 Å². The van der Waals surface area contributed by atoms with Gasteiger partial charge >= 0.3 is 0 Å². The van der Waals surface area contributed by atoms with Crippen LogP contribution in [0.2, 0.25) is 0 Å². The first-order valence-corrected chi connectivity index (χ1v) is 6.16. The predicted molar refractivity (Wildman–Crippen MR) is 60.1 cm³/mol. The van der Waals surface area contributed by atoms with Gasteiger partial charge in [-0.1, -0.05) is 13.8 Å². The summed E-state index contributed by atoms with van der Waals surface area (Å²) in [6.45, 7) is 3.95. The van der Waals surface area contributed by atoms with Crippen molar-refractivity contribution in [1.82, 2.24) is 0 Å². The van der Waals surface area contributed by atoms with Crippen LogP contribution in [0.5, 0.6) is 0 Å². The van der Waals surface area contributed by atoms with Crippen LogP contribution in [0.15, 0.2) is 6.07 Å². The molecule has 0 saturated carbocycles. The lowest BCUT2D eigenvalue weighted by Gasteiger charge is -2.08. The maximum Gasteiger partial charge on any atom is 0.175 e. The van der Waals surface area contributed by atoms with Crippen LogP contribution in [0.1, 0.15) is 46.8 Å². The Kier molecular flexibility index (Phi) is 2.73. The number of hydrogen-bond donors (Lipinski definition) is 0. The minimum atomic E-state index is 0.134. The van der Waals surface area contributed by atoms with Gasteiger partial charge in [0.1, 0.15) is 0 Å². The molecule has 0 bridgehead atoms. The molecule has 1 aliphatic rings. The van der Waals surface area contributed by atoms with Gasteiger partial charge in [-0.25, -0.2) is 0 Å². The maximum absolute atomic E-state index is 11.8. The van der Waals surface area contributed by atoms with Gasteiger partial charge in [0, 0.05) is 10.8 Å². The molecule has 1 nitrogen and oxygen atoms in total. The standard InChI is InChI=1S/C12H16OS/c1-8(2)12(13)11-7-9-5-3-4-6-10(9)14-11/h7-8H,3-6H2,1-2H3. The second-order valence-electron chi connectivity index (χ2n) is 4.29. The van der Waals surface area contributed by atoms with Crippen LogP contribution in [-0.4, -0.2) is 5.78 Å². The van der Waals surface area contributed by atoms with Crippen molar-refractivity contribution in [2.75, 3.05) is 0 Å². The summed E-state index contributed by atoms with van der Waals surface area (Å²) in [6, 6.07) is 2.13. The molecule has 0 radical (unpaired) electrons. The quantitative estimate of drug-likeness (QED) is 0.680. The summed E-state index contributed by atoms with van der Waals surface area (Å²) in [5, 5.41) is 0. The number of aryl methyl sites for hydroxylation is 2. The van der Waals surface area contributed by atoms with Crippen molar-refractivity contribution in [1.29, 1.82) is 0 Å². The van der Waals surface area contributed by atoms with Crippen molar-refractivity contribution in [2.45, 2.75) is 39.5 Å². The van der Waals surface area contributed by atoms with Crippen LogP contribution in [0.25, 0.3) is 0 Å². The minimum Gasteiger partial charge on any atom is -0.293 e. The van der Waals surface area contributed by atoms with E-state index in [0.29, 0.717) is 5.78 Å². The molecule has 0 fully saturated rings. The Morgan fingerprint density at radius 3 is 2.71 bits per heavy atom. The molecule has 76 valence electrons. The predicted octanol–water partition coefficient (Wildman–Crippen LogP) is 3.47. The van der Waals surface area contributed by atoms with Gasteiger partial charge in [-0.2, -0.15) is 0 Å². The Bertz CT molecular complexity index is 326. The summed E-state index contributed by atoms with van der Waals surface area (Å²) in [7, 11) is 0. The first-order chi connectivity index (χ1) is 6.68. The number of carbonyl (C=O) groups excluding carboxylic acids is 1. The van der Waals surface area contributed by atoms with Gasteiger partial charge < -0.3 is 0 Å². The van der Waals surface area contributed by atoms with Crippen molar-refractivity contribution < 1.29 is 4.79 Å². The third kappa shape index (κ3) is 1.76. The number of Topliss-reactive ketones (excluding diaryl/α,β-unsaturated/α-hetero) is 1. The van der Waals surface area contributed by atoms with E-state index in [4.69, 9.17) is 0 Å². The Hall–Kier alpha value is -0.630. The van der Waals surface area contributed by atoms with E-state index in [2.05, 4.69) is 6.07 Å². The number of thiophene rings is 1. The molecule has 2 rings (SSSR count). The van der Waals surface area contributed by atoms with Gasteiger partial charge in [0.05, 0.1) is 4.88 Å². The molecule has 0 unspecified atom stereocenters. The van der Waals surface area contributed by atoms with Crippen LogP contribution < -0.4 is 0 Å². The largest absolute Gasteiger partial charge is 0.293 e. The summed E-state index contributed by atoms with van der Waals surface area (Å²) in [6.07, 6.45) is 4.95. The normalized spacial score (nSPS) is 15.6. The second-order valence-corrected chi connectivity index (χ2v) is 5.42. The fraction of sp³-hybridized carbons (Fsp3) is 0.583. The van der Waals surface area contributed by atoms with Crippen molar-refractivity contribution in [3.63, 3.8) is 0 Å². The Morgan fingerprint density at radius 2 is 2.07 bits per heavy atom. The molecule has 0 N–H and O–H groups in total. The van der Waals surface area contributed by atoms with Crippen LogP contribution in [0.3, 0.4) is 0 Å². The highest BCUT2D eigenvalue weighted by atomic mass is 32.1. The zero-order chi connectivity index (χ0) is 10.1. The molecule has 1 aromatic heterocycles. The van der Waals surface area contributed by atoms with Crippen molar-refractivity contribution >= 4 is 17.1 Å². The molecule has 1 aliphatic carbocycles. The Morgan fingerprint density at radius 1 is 1.36 bits per heavy atom. The van der Waals surface area contributed by atoms with Crippen LogP contribution >= 0.6 is 11.3 Å². The molecular weight excluding hydrogens is 192 g/mol. The van der Waals surface area contributed by atoms with E-state index in [1.54, 1.807) is 11.3 Å². The maximum atomic E-state index is 11.8. The minimum absolute atomic E-state index is 0.134. The lowest BCUT2D eigenvalue weighted by molar-refractivity contribution is 0.0943. The molecule has 0 saturated heterocycles. The highest BCUT2D eigenvalue weighted by Crippen LogP contribution is 2.30. The number of ketones is 1. The molecule has 0 aliphatic heterocycles. The van der Waals surface area contributed by atoms with E-state index in [9.17, 15) is 4.79 Å². The number of hydrogen-bond acceptors (Lipinski definition) is 2. The Labute approximate surface area is 89.1 Å². The van der Waals surface area contributed by atoms with Gasteiger partial charge in [-0.15, -0.1) is 11.3 Å². The first-order valence-electron chi connectivity index (χ1n) is 5.34. The Balaban J connectivity index is 2.28. The van der Waals surface area contributed by atoms with E-state index in [0.717, 1.165) is 4.88 Å². The van der Waals surface area contributed by atoms with E-state index in [1.165, 1.54) is 36.1 Å². The molecule has 0 atom stereocenters. The fourth-order valence-electron chi connectivity index (χ4n) is 1.90. The number of fused-ring (bicyclic) bond motifs is 1. The van der Waals surface area contributed by atoms with Gasteiger partial charge in [0.2, 0.25) is 0 Å². The molecule has 2 heteroatoms. The van der Waals surface area contributed by atoms with Crippen molar-refractivity contribution in [3.05, 3.63) is 21.4 Å². The SMILES string of the molecule is CC(C)C(=O)c1cc2c(s1)CCCC2. The lowest BCUT2D eigenvalue weighted by atomic mass is 9.98. The van der Waals surface area contributed by atoms with Crippen LogP contribution in [0, 0.1) is 5.92 Å². The smallest absolute Gasteiger partial charge is 0.175 e. The second kappa shape index (κ2) is 3.85. The summed E-state index contributed by atoms with van der Waals surface area (Å²) in [5.74, 6) is 0.444. The summed E-state index contributed by atoms with van der Waals surface area (Å²) in [5.41, 5.74) is 1.44. The molecule has 1 aromatic rings. The fourth-order valence-corrected chi connectivity index (χ4v) is 3.24. The molecule has 14 heavy (non-hydrogen) atoms. The zero-order valence-corrected chi connectivity index (χ0v) is 9.62. The lowest BCUT2D eigenvalue weighted by Crippen LogP contribution is -2.04. The van der Waals surface area contributed by atoms with Crippen molar-refractivity contribution in [3.8, 4) is 0 Å². The molecular formula is C12H16OS. The van der Waals surface area contributed by atoms with E-state index < -0.39 is 0 Å². The number of rotatable bonds is 2. The monoisotopic (exact) mass is 208 g/mol. The van der Waals surface area contributed by atoms with Gasteiger partial charge in [-0.3, -0.25) is 4.79 Å². The molecule has 0 spiro atoms. The molecule has 1 heterocycles. The van der Waals surface area contributed by atoms with Crippen LogP contribution in [-0.2, 0) is 12.8 Å². The third-order valence-electron chi connectivity index (χ3n) is 2.76. The van der Waals surface area contributed by atoms with Crippen molar-refractivity contribution in [2.24, 2.45) is 5.92 Å².